The molecule has 14 heavy (non-hydrogen) atoms. The zero-order chi connectivity index (χ0) is 12.2. The molecule has 0 atom stereocenters. The highest BCUT2D eigenvalue weighted by atomic mass is 32.2. The minimum atomic E-state index is -5.84. The molecule has 0 spiro atoms. The van der Waals surface area contributed by atoms with Gasteiger partial charge in [0.15, 0.2) is 0 Å². The van der Waals surface area contributed by atoms with Gasteiger partial charge < -0.3 is 0 Å². The number of hydrogen-bond donors (Lipinski definition) is 2. The fourth-order valence-electron chi connectivity index (χ4n) is 0. The summed E-state index contributed by atoms with van der Waals surface area (Å²) in [6.07, 6.45) is 0. The van der Waals surface area contributed by atoms with Crippen molar-refractivity contribution in [2.24, 2.45) is 0 Å². The highest BCUT2D eigenvalue weighted by molar-refractivity contribution is 7.86. The maximum absolute atomic E-state index is 10.7. The summed E-state index contributed by atoms with van der Waals surface area (Å²) < 4.78 is 84.5. The van der Waals surface area contributed by atoms with Crippen molar-refractivity contribution in [1.82, 2.24) is 0 Å². The van der Waals surface area contributed by atoms with Crippen molar-refractivity contribution >= 4 is 20.2 Å². The lowest BCUT2D eigenvalue weighted by Crippen LogP contribution is -2.21. The molecular weight excluding hydrogens is 253 g/mol. The zero-order valence-electron chi connectivity index (χ0n) is 6.68. The second-order valence-corrected chi connectivity index (χ2v) is 4.95. The van der Waals surface area contributed by atoms with Gasteiger partial charge >= 0.3 is 15.6 Å². The van der Waals surface area contributed by atoms with Crippen molar-refractivity contribution in [3.8, 4) is 0 Å². The van der Waals surface area contributed by atoms with E-state index in [0.717, 1.165) is 0 Å². The molecule has 0 aliphatic rings. The Bertz CT molecular complexity index is 350. The SMILES string of the molecule is CCS(=O)(=O)O.O=S(=O)(O)C(F)(F)F. The van der Waals surface area contributed by atoms with E-state index < -0.39 is 25.7 Å². The predicted octanol–water partition coefficient (Wildman–Crippen LogP) is 0.288. The van der Waals surface area contributed by atoms with E-state index in [1.54, 1.807) is 0 Å². The van der Waals surface area contributed by atoms with Gasteiger partial charge in [-0.15, -0.1) is 0 Å². The molecule has 0 radical (unpaired) electrons. The van der Waals surface area contributed by atoms with Gasteiger partial charge in [0.05, 0.1) is 5.75 Å². The van der Waals surface area contributed by atoms with Crippen LogP contribution < -0.4 is 0 Å². The molecule has 0 aromatic heterocycles. The van der Waals surface area contributed by atoms with Crippen LogP contribution in [0.5, 0.6) is 0 Å². The second kappa shape index (κ2) is 4.91. The van der Waals surface area contributed by atoms with Crippen LogP contribution in [0, 0.1) is 0 Å². The van der Waals surface area contributed by atoms with Crippen LogP contribution in [0.2, 0.25) is 0 Å². The largest absolute Gasteiger partial charge is 0.522 e. The quantitative estimate of drug-likeness (QED) is 0.518. The smallest absolute Gasteiger partial charge is 0.286 e. The topological polar surface area (TPSA) is 109 Å². The molecule has 0 aliphatic carbocycles. The fourth-order valence-corrected chi connectivity index (χ4v) is 0. The second-order valence-electron chi connectivity index (χ2n) is 1.79. The van der Waals surface area contributed by atoms with Gasteiger partial charge in [0.2, 0.25) is 0 Å². The van der Waals surface area contributed by atoms with Crippen molar-refractivity contribution in [2.45, 2.75) is 12.4 Å². The normalized spacial score (nSPS) is 13.0. The van der Waals surface area contributed by atoms with E-state index in [-0.39, 0.29) is 5.75 Å². The van der Waals surface area contributed by atoms with Crippen molar-refractivity contribution in [3.05, 3.63) is 0 Å². The van der Waals surface area contributed by atoms with Gasteiger partial charge in [-0.05, 0) is 6.92 Å². The first-order valence-electron chi connectivity index (χ1n) is 2.80. The third-order valence-corrected chi connectivity index (χ3v) is 1.97. The van der Waals surface area contributed by atoms with Gasteiger partial charge in [-0.3, -0.25) is 9.11 Å². The van der Waals surface area contributed by atoms with Crippen LogP contribution in [0.4, 0.5) is 13.2 Å². The summed E-state index contributed by atoms with van der Waals surface area (Å²) in [7, 11) is -9.50. The number of halogens is 3. The number of alkyl halides is 3. The maximum atomic E-state index is 10.7. The Balaban J connectivity index is 0. The van der Waals surface area contributed by atoms with Crippen LogP contribution >= 0.6 is 0 Å². The van der Waals surface area contributed by atoms with Crippen LogP contribution in [0.1, 0.15) is 6.92 Å². The Morgan fingerprint density at radius 3 is 1.21 bits per heavy atom. The van der Waals surface area contributed by atoms with E-state index >= 15 is 0 Å². The summed E-state index contributed by atoms with van der Waals surface area (Å²) in [5.74, 6) is -0.201. The fraction of sp³-hybridized carbons (Fsp3) is 1.00. The van der Waals surface area contributed by atoms with Crippen molar-refractivity contribution in [2.75, 3.05) is 5.75 Å². The van der Waals surface area contributed by atoms with Crippen molar-refractivity contribution in [3.63, 3.8) is 0 Å². The maximum Gasteiger partial charge on any atom is 0.522 e. The molecular formula is C3H7F3O6S2. The minimum Gasteiger partial charge on any atom is -0.286 e. The van der Waals surface area contributed by atoms with E-state index in [0.29, 0.717) is 0 Å². The van der Waals surface area contributed by atoms with Crippen LogP contribution in [-0.4, -0.2) is 37.2 Å². The van der Waals surface area contributed by atoms with Crippen LogP contribution in [0.25, 0.3) is 0 Å². The van der Waals surface area contributed by atoms with E-state index in [1.165, 1.54) is 6.92 Å². The van der Waals surface area contributed by atoms with Gasteiger partial charge in [-0.1, -0.05) is 0 Å². The lowest BCUT2D eigenvalue weighted by Gasteiger charge is -1.97. The van der Waals surface area contributed by atoms with E-state index in [4.69, 9.17) is 17.5 Å². The number of hydrogen-bond acceptors (Lipinski definition) is 4. The van der Waals surface area contributed by atoms with Crippen LogP contribution in [-0.2, 0) is 20.2 Å². The lowest BCUT2D eigenvalue weighted by molar-refractivity contribution is -0.0510. The molecule has 88 valence electrons. The van der Waals surface area contributed by atoms with Crippen LogP contribution in [0.3, 0.4) is 0 Å². The molecule has 0 rings (SSSR count). The summed E-state index contributed by atoms with van der Waals surface area (Å²) in [4.78, 5) is 0. The molecule has 0 fully saturated rings. The first-order valence-corrected chi connectivity index (χ1v) is 5.85. The first kappa shape index (κ1) is 16.1. The highest BCUT2D eigenvalue weighted by Gasteiger charge is 2.44. The Morgan fingerprint density at radius 1 is 1.07 bits per heavy atom. The molecule has 0 saturated heterocycles. The van der Waals surface area contributed by atoms with Crippen molar-refractivity contribution < 1.29 is 39.1 Å². The van der Waals surface area contributed by atoms with Gasteiger partial charge in [0, 0.05) is 0 Å². The Morgan fingerprint density at radius 2 is 1.21 bits per heavy atom. The van der Waals surface area contributed by atoms with E-state index in [2.05, 4.69) is 0 Å². The molecule has 0 aromatic carbocycles. The average Bonchev–Trinajstić information content (AvgIpc) is 1.82. The minimum absolute atomic E-state index is 0.201. The van der Waals surface area contributed by atoms with Crippen molar-refractivity contribution in [1.29, 1.82) is 0 Å². The van der Waals surface area contributed by atoms with Crippen LogP contribution in [0.15, 0.2) is 0 Å². The Kier molecular flexibility index (Phi) is 5.63. The third-order valence-electron chi connectivity index (χ3n) is 0.657. The third kappa shape index (κ3) is 9.70. The highest BCUT2D eigenvalue weighted by Crippen LogP contribution is 2.20. The molecule has 0 bridgehead atoms. The van der Waals surface area contributed by atoms with Gasteiger partial charge in [0.25, 0.3) is 10.1 Å². The lowest BCUT2D eigenvalue weighted by atomic mass is 11.0. The summed E-state index contributed by atoms with van der Waals surface area (Å²) in [6.45, 7) is 1.37. The first-order chi connectivity index (χ1) is 5.81. The Labute approximate surface area is 78.2 Å². The molecule has 11 heteroatoms. The molecule has 6 nitrogen and oxygen atoms in total. The standard InChI is InChI=1S/C2H6O3S.CHF3O3S/c1-2-6(3,4)5;2-1(3,4)8(5,6)7/h2H2,1H3,(H,3,4,5);(H,5,6,7). The van der Waals surface area contributed by atoms with E-state index in [9.17, 15) is 21.6 Å². The summed E-state index contributed by atoms with van der Waals surface area (Å²) >= 11 is 0. The molecule has 0 aromatic rings. The monoisotopic (exact) mass is 260 g/mol. The summed E-state index contributed by atoms with van der Waals surface area (Å²) in [5.41, 5.74) is -5.53. The molecule has 2 N–H and O–H groups in total. The summed E-state index contributed by atoms with van der Waals surface area (Å²) in [5, 5.41) is 0. The van der Waals surface area contributed by atoms with Gasteiger partial charge in [0.1, 0.15) is 0 Å². The average molecular weight is 260 g/mol. The Hall–Kier alpha value is -0.390. The van der Waals surface area contributed by atoms with Gasteiger partial charge in [-0.2, -0.15) is 30.0 Å². The predicted molar refractivity (Wildman–Crippen MR) is 39.7 cm³/mol. The molecule has 0 heterocycles. The molecule has 0 amide bonds. The molecule has 0 saturated carbocycles. The van der Waals surface area contributed by atoms with Gasteiger partial charge in [-0.25, -0.2) is 0 Å². The molecule has 0 unspecified atom stereocenters. The number of rotatable bonds is 1. The zero-order valence-corrected chi connectivity index (χ0v) is 8.32. The van der Waals surface area contributed by atoms with E-state index in [1.807, 2.05) is 0 Å². The summed E-state index contributed by atoms with van der Waals surface area (Å²) in [6, 6.07) is 0. The molecule has 0 aliphatic heterocycles.